The number of esters is 1. The Morgan fingerprint density at radius 3 is 2.46 bits per heavy atom. The van der Waals surface area contributed by atoms with Crippen LogP contribution in [0.1, 0.15) is 55.0 Å². The van der Waals surface area contributed by atoms with Gasteiger partial charge in [-0.3, -0.25) is 9.36 Å². The first-order valence-corrected chi connectivity index (χ1v) is 13.7. The lowest BCUT2D eigenvalue weighted by molar-refractivity contribution is -0.138. The molecule has 3 aromatic carbocycles. The topological polar surface area (TPSA) is 69.9 Å². The molecule has 0 bridgehead atoms. The van der Waals surface area contributed by atoms with Gasteiger partial charge in [-0.25, -0.2) is 9.79 Å². The number of ether oxygens (including phenoxy) is 2. The standard InChI is InChI=1S/C32H30N2O4S/c1-5-38-31(36)27-28(23-11-7-6-8-12-23)33-32-34(29(27)24-16-14-22(15-17-24)20(2)3)30(35)26(39-32)19-21-10-9-13-25(18-21)37-4/h6-20,29H,5H2,1-4H3/b26-19+/t29-/m0/s1. The average Bonchev–Trinajstić information content (AvgIpc) is 3.27. The van der Waals surface area contributed by atoms with Gasteiger partial charge in [-0.2, -0.15) is 0 Å². The monoisotopic (exact) mass is 538 g/mol. The van der Waals surface area contributed by atoms with Crippen molar-refractivity contribution in [3.8, 4) is 5.75 Å². The van der Waals surface area contributed by atoms with E-state index >= 15 is 0 Å². The third-order valence-electron chi connectivity index (χ3n) is 6.68. The fourth-order valence-electron chi connectivity index (χ4n) is 4.70. The van der Waals surface area contributed by atoms with E-state index in [4.69, 9.17) is 14.5 Å². The Morgan fingerprint density at radius 2 is 1.79 bits per heavy atom. The number of fused-ring (bicyclic) bond motifs is 1. The number of hydrogen-bond acceptors (Lipinski definition) is 6. The summed E-state index contributed by atoms with van der Waals surface area (Å²) in [5.41, 5.74) is 4.27. The van der Waals surface area contributed by atoms with Crippen molar-refractivity contribution in [2.24, 2.45) is 4.99 Å². The number of methoxy groups -OCH3 is 1. The van der Waals surface area contributed by atoms with Crippen LogP contribution in [0.2, 0.25) is 0 Å². The highest BCUT2D eigenvalue weighted by atomic mass is 32.1. The van der Waals surface area contributed by atoms with Gasteiger partial charge in [0.05, 0.1) is 35.6 Å². The summed E-state index contributed by atoms with van der Waals surface area (Å²) in [4.78, 5) is 33.0. The summed E-state index contributed by atoms with van der Waals surface area (Å²) in [6.45, 7) is 6.25. The molecule has 0 N–H and O–H groups in total. The van der Waals surface area contributed by atoms with Crippen molar-refractivity contribution in [2.75, 3.05) is 13.7 Å². The Kier molecular flexibility index (Phi) is 7.61. The molecule has 6 nitrogen and oxygen atoms in total. The minimum absolute atomic E-state index is 0.212. The van der Waals surface area contributed by atoms with Crippen molar-refractivity contribution < 1.29 is 14.3 Å². The molecule has 7 heteroatoms. The highest BCUT2D eigenvalue weighted by Gasteiger charge is 2.35. The number of benzene rings is 3. The minimum Gasteiger partial charge on any atom is -0.497 e. The summed E-state index contributed by atoms with van der Waals surface area (Å²) in [6.07, 6.45) is 1.83. The van der Waals surface area contributed by atoms with Crippen molar-refractivity contribution in [3.05, 3.63) is 126 Å². The maximum atomic E-state index is 14.0. The minimum atomic E-state index is -0.691. The molecule has 1 aliphatic rings. The van der Waals surface area contributed by atoms with Crippen LogP contribution in [0.15, 0.2) is 94.2 Å². The van der Waals surface area contributed by atoms with Crippen molar-refractivity contribution in [1.82, 2.24) is 4.57 Å². The van der Waals surface area contributed by atoms with E-state index < -0.39 is 12.0 Å². The first kappa shape index (κ1) is 26.4. The van der Waals surface area contributed by atoms with E-state index in [1.807, 2.05) is 72.8 Å². The second kappa shape index (κ2) is 11.3. The van der Waals surface area contributed by atoms with Crippen molar-refractivity contribution in [1.29, 1.82) is 0 Å². The molecule has 1 aromatic heterocycles. The quantitative estimate of drug-likeness (QED) is 0.308. The maximum absolute atomic E-state index is 14.0. The summed E-state index contributed by atoms with van der Waals surface area (Å²) < 4.78 is 13.0. The summed E-state index contributed by atoms with van der Waals surface area (Å²) in [6, 6.07) is 24.5. The molecule has 0 fully saturated rings. The van der Waals surface area contributed by atoms with Crippen LogP contribution < -0.4 is 19.6 Å². The zero-order chi connectivity index (χ0) is 27.5. The SMILES string of the molecule is CCOC(=O)C1=C(c2ccccc2)N=c2s/c(=C/c3cccc(OC)c3)c(=O)n2[C@H]1c1ccc(C(C)C)cc1. The smallest absolute Gasteiger partial charge is 0.338 e. The molecule has 0 amide bonds. The first-order chi connectivity index (χ1) is 18.9. The highest BCUT2D eigenvalue weighted by Crippen LogP contribution is 2.35. The predicted octanol–water partition coefficient (Wildman–Crippen LogP) is 5.07. The molecule has 5 rings (SSSR count). The number of nitrogens with zero attached hydrogens (tertiary/aromatic N) is 2. The van der Waals surface area contributed by atoms with Crippen LogP contribution in [0.4, 0.5) is 0 Å². The van der Waals surface area contributed by atoms with Gasteiger partial charge in [0.2, 0.25) is 0 Å². The van der Waals surface area contributed by atoms with E-state index in [1.54, 1.807) is 18.6 Å². The van der Waals surface area contributed by atoms with Gasteiger partial charge in [0.1, 0.15) is 5.75 Å². The van der Waals surface area contributed by atoms with Crippen molar-refractivity contribution in [3.63, 3.8) is 0 Å². The highest BCUT2D eigenvalue weighted by molar-refractivity contribution is 7.07. The molecular weight excluding hydrogens is 508 g/mol. The first-order valence-electron chi connectivity index (χ1n) is 12.9. The second-order valence-corrected chi connectivity index (χ2v) is 10.5. The van der Waals surface area contributed by atoms with Crippen molar-refractivity contribution in [2.45, 2.75) is 32.7 Å². The Morgan fingerprint density at radius 1 is 1.05 bits per heavy atom. The number of carbonyl (C=O) groups excluding carboxylic acids is 1. The summed E-state index contributed by atoms with van der Waals surface area (Å²) in [5.74, 6) is 0.569. The Balaban J connectivity index is 1.80. The molecule has 4 aromatic rings. The molecule has 1 aliphatic heterocycles. The molecular formula is C32H30N2O4S. The van der Waals surface area contributed by atoms with Crippen LogP contribution in [0.3, 0.4) is 0 Å². The third kappa shape index (κ3) is 5.22. The van der Waals surface area contributed by atoms with Crippen LogP contribution >= 0.6 is 11.3 Å². The zero-order valence-corrected chi connectivity index (χ0v) is 23.2. The van der Waals surface area contributed by atoms with Gasteiger partial charge in [-0.1, -0.05) is 91.9 Å². The van der Waals surface area contributed by atoms with Crippen LogP contribution in [-0.4, -0.2) is 24.3 Å². The van der Waals surface area contributed by atoms with E-state index in [0.29, 0.717) is 32.3 Å². The molecule has 0 unspecified atom stereocenters. The van der Waals surface area contributed by atoms with E-state index in [9.17, 15) is 9.59 Å². The van der Waals surface area contributed by atoms with Gasteiger partial charge in [0.15, 0.2) is 4.80 Å². The maximum Gasteiger partial charge on any atom is 0.338 e. The Labute approximate surface area is 231 Å². The largest absolute Gasteiger partial charge is 0.497 e. The molecule has 2 heterocycles. The van der Waals surface area contributed by atoms with Gasteiger partial charge >= 0.3 is 5.97 Å². The lowest BCUT2D eigenvalue weighted by atomic mass is 9.91. The predicted molar refractivity (Wildman–Crippen MR) is 155 cm³/mol. The van der Waals surface area contributed by atoms with Gasteiger partial charge < -0.3 is 9.47 Å². The fraction of sp³-hybridized carbons (Fsp3) is 0.219. The molecule has 0 saturated heterocycles. The van der Waals surface area contributed by atoms with Gasteiger partial charge in [0, 0.05) is 5.56 Å². The number of rotatable bonds is 7. The molecule has 0 saturated carbocycles. The van der Waals surface area contributed by atoms with Gasteiger partial charge in [-0.15, -0.1) is 0 Å². The summed E-state index contributed by atoms with van der Waals surface area (Å²) >= 11 is 1.30. The number of thiazole rings is 1. The summed E-state index contributed by atoms with van der Waals surface area (Å²) in [7, 11) is 1.61. The molecule has 0 spiro atoms. The Bertz CT molecular complexity index is 1710. The van der Waals surface area contributed by atoms with Gasteiger partial charge in [0.25, 0.3) is 5.56 Å². The van der Waals surface area contributed by atoms with E-state index in [0.717, 1.165) is 16.7 Å². The molecule has 1 atom stereocenters. The van der Waals surface area contributed by atoms with Crippen LogP contribution in [-0.2, 0) is 9.53 Å². The van der Waals surface area contributed by atoms with Crippen LogP contribution in [0.25, 0.3) is 11.8 Å². The van der Waals surface area contributed by atoms with Gasteiger partial charge in [-0.05, 0) is 47.7 Å². The molecule has 198 valence electrons. The zero-order valence-electron chi connectivity index (χ0n) is 22.4. The van der Waals surface area contributed by atoms with E-state index in [2.05, 4.69) is 26.0 Å². The van der Waals surface area contributed by atoms with E-state index in [-0.39, 0.29) is 12.2 Å². The second-order valence-electron chi connectivity index (χ2n) is 9.53. The van der Waals surface area contributed by atoms with E-state index in [1.165, 1.54) is 16.9 Å². The molecule has 0 aliphatic carbocycles. The van der Waals surface area contributed by atoms with Crippen LogP contribution in [0, 0.1) is 0 Å². The average molecular weight is 539 g/mol. The normalized spacial score (nSPS) is 15.2. The summed E-state index contributed by atoms with van der Waals surface area (Å²) in [5, 5.41) is 0. The number of aromatic nitrogens is 1. The Hall–Kier alpha value is -4.23. The number of carbonyl (C=O) groups is 1. The third-order valence-corrected chi connectivity index (χ3v) is 7.67. The number of hydrogen-bond donors (Lipinski definition) is 0. The lowest BCUT2D eigenvalue weighted by Crippen LogP contribution is -2.40. The molecule has 0 radical (unpaired) electrons. The van der Waals surface area contributed by atoms with Crippen LogP contribution in [0.5, 0.6) is 5.75 Å². The molecule has 39 heavy (non-hydrogen) atoms. The fourth-order valence-corrected chi connectivity index (χ4v) is 5.70. The van der Waals surface area contributed by atoms with Crippen molar-refractivity contribution >= 4 is 29.1 Å². The lowest BCUT2D eigenvalue weighted by Gasteiger charge is -2.26.